The average Bonchev–Trinajstić information content (AvgIpc) is 2.45. The van der Waals surface area contributed by atoms with E-state index in [-0.39, 0.29) is 12.0 Å². The van der Waals surface area contributed by atoms with Crippen LogP contribution in [0.15, 0.2) is 24.3 Å². The molecule has 0 heterocycles. The van der Waals surface area contributed by atoms with Gasteiger partial charge in [-0.2, -0.15) is 13.2 Å². The first-order chi connectivity index (χ1) is 6.45. The normalized spacial score (nSPS) is 26.3. The van der Waals surface area contributed by atoms with Crippen molar-refractivity contribution in [3.05, 3.63) is 35.4 Å². The Morgan fingerprint density at radius 3 is 2.50 bits per heavy atom. The maximum absolute atomic E-state index is 12.7. The molecule has 1 aromatic rings. The van der Waals surface area contributed by atoms with Crippen molar-refractivity contribution in [1.82, 2.24) is 0 Å². The largest absolute Gasteiger partial charge is 0.410 e. The zero-order valence-corrected chi connectivity index (χ0v) is 7.43. The second-order valence-corrected chi connectivity index (χ2v) is 3.63. The fourth-order valence-corrected chi connectivity index (χ4v) is 1.93. The molecule has 76 valence electrons. The van der Waals surface area contributed by atoms with Crippen molar-refractivity contribution < 1.29 is 13.2 Å². The fraction of sp³-hybridized carbons (Fsp3) is 0.400. The first-order valence-electron chi connectivity index (χ1n) is 4.39. The number of rotatable bonds is 0. The lowest BCUT2D eigenvalue weighted by molar-refractivity contribution is -0.188. The van der Waals surface area contributed by atoms with E-state index in [1.54, 1.807) is 18.2 Å². The lowest BCUT2D eigenvalue weighted by Crippen LogP contribution is -2.48. The summed E-state index contributed by atoms with van der Waals surface area (Å²) < 4.78 is 38.1. The summed E-state index contributed by atoms with van der Waals surface area (Å²) in [5.41, 5.74) is 4.23. The Morgan fingerprint density at radius 2 is 1.86 bits per heavy atom. The Kier molecular flexibility index (Phi) is 1.86. The van der Waals surface area contributed by atoms with Gasteiger partial charge in [0.05, 0.1) is 0 Å². The van der Waals surface area contributed by atoms with Crippen molar-refractivity contribution in [3.8, 4) is 0 Å². The van der Waals surface area contributed by atoms with Crippen LogP contribution in [0.4, 0.5) is 13.2 Å². The van der Waals surface area contributed by atoms with Gasteiger partial charge >= 0.3 is 6.18 Å². The first-order valence-corrected chi connectivity index (χ1v) is 4.39. The van der Waals surface area contributed by atoms with Crippen molar-refractivity contribution in [2.45, 2.75) is 24.6 Å². The van der Waals surface area contributed by atoms with E-state index < -0.39 is 11.7 Å². The first kappa shape index (κ1) is 9.52. The maximum atomic E-state index is 12.7. The molecule has 0 saturated heterocycles. The molecule has 1 aliphatic carbocycles. The van der Waals surface area contributed by atoms with Gasteiger partial charge < -0.3 is 5.73 Å². The molecular weight excluding hydrogens is 191 g/mol. The number of hydrogen-bond acceptors (Lipinski definition) is 1. The number of hydrogen-bond donors (Lipinski definition) is 1. The highest BCUT2D eigenvalue weighted by atomic mass is 19.4. The number of alkyl halides is 3. The van der Waals surface area contributed by atoms with Crippen LogP contribution in [0.25, 0.3) is 0 Å². The molecule has 2 N–H and O–H groups in total. The molecule has 0 saturated carbocycles. The van der Waals surface area contributed by atoms with Crippen molar-refractivity contribution in [1.29, 1.82) is 0 Å². The number of nitrogens with two attached hydrogens (primary N) is 1. The third-order valence-corrected chi connectivity index (χ3v) is 2.79. The predicted octanol–water partition coefficient (Wildman–Crippen LogP) is 2.35. The molecule has 0 aliphatic heterocycles. The minimum absolute atomic E-state index is 0.0458. The smallest absolute Gasteiger partial charge is 0.314 e. The molecule has 2 rings (SSSR count). The van der Waals surface area contributed by atoms with E-state index in [9.17, 15) is 13.2 Å². The summed E-state index contributed by atoms with van der Waals surface area (Å²) in [6, 6.07) is 6.50. The van der Waals surface area contributed by atoms with Crippen LogP contribution in [0.5, 0.6) is 0 Å². The minimum Gasteiger partial charge on any atom is -0.314 e. The molecule has 0 unspecified atom stereocenters. The van der Waals surface area contributed by atoms with Crippen LogP contribution in [0, 0.1) is 0 Å². The molecule has 0 radical (unpaired) electrons. The Bertz CT molecular complexity index is 359. The minimum atomic E-state index is -4.36. The number of aryl methyl sites for hydroxylation is 1. The molecule has 14 heavy (non-hydrogen) atoms. The maximum Gasteiger partial charge on any atom is 0.410 e. The molecule has 4 heteroatoms. The van der Waals surface area contributed by atoms with Gasteiger partial charge in [0.2, 0.25) is 0 Å². The molecule has 0 fully saturated rings. The predicted molar refractivity (Wildman–Crippen MR) is 46.7 cm³/mol. The van der Waals surface area contributed by atoms with Crippen LogP contribution in [-0.2, 0) is 12.0 Å². The van der Waals surface area contributed by atoms with Crippen molar-refractivity contribution >= 4 is 0 Å². The molecule has 1 atom stereocenters. The van der Waals surface area contributed by atoms with Gasteiger partial charge in [-0.25, -0.2) is 0 Å². The van der Waals surface area contributed by atoms with Gasteiger partial charge in [0.1, 0.15) is 5.54 Å². The number of halogens is 3. The zero-order valence-electron chi connectivity index (χ0n) is 7.43. The van der Waals surface area contributed by atoms with Gasteiger partial charge in [0.15, 0.2) is 0 Å². The second-order valence-electron chi connectivity index (χ2n) is 3.63. The van der Waals surface area contributed by atoms with Crippen LogP contribution in [0.1, 0.15) is 17.5 Å². The highest BCUT2D eigenvalue weighted by molar-refractivity contribution is 5.39. The van der Waals surface area contributed by atoms with E-state index in [1.807, 2.05) is 0 Å². The van der Waals surface area contributed by atoms with Crippen molar-refractivity contribution in [2.75, 3.05) is 0 Å². The van der Waals surface area contributed by atoms with Crippen LogP contribution < -0.4 is 5.73 Å². The average molecular weight is 201 g/mol. The molecule has 0 aromatic heterocycles. The van der Waals surface area contributed by atoms with E-state index in [1.165, 1.54) is 6.07 Å². The number of benzene rings is 1. The van der Waals surface area contributed by atoms with Crippen molar-refractivity contribution in [2.24, 2.45) is 5.73 Å². The Balaban J connectivity index is 2.53. The summed E-state index contributed by atoms with van der Waals surface area (Å²) in [6.45, 7) is 0. The van der Waals surface area contributed by atoms with Crippen LogP contribution >= 0.6 is 0 Å². The third kappa shape index (κ3) is 1.14. The van der Waals surface area contributed by atoms with Gasteiger partial charge in [-0.15, -0.1) is 0 Å². The van der Waals surface area contributed by atoms with Gasteiger partial charge in [-0.05, 0) is 24.0 Å². The summed E-state index contributed by atoms with van der Waals surface area (Å²) in [6.07, 6.45) is -4.00. The second kappa shape index (κ2) is 2.73. The Morgan fingerprint density at radius 1 is 1.21 bits per heavy atom. The Hall–Kier alpha value is -1.03. The van der Waals surface area contributed by atoms with Gasteiger partial charge in [0, 0.05) is 0 Å². The standard InChI is InChI=1S/C10H10F3N/c11-10(12,13)9(14)6-5-7-3-1-2-4-8(7)9/h1-4H,5-6,14H2/t9-/m1/s1. The molecule has 1 nitrogen and oxygen atoms in total. The lowest BCUT2D eigenvalue weighted by atomic mass is 9.92. The summed E-state index contributed by atoms with van der Waals surface area (Å²) in [4.78, 5) is 0. The van der Waals surface area contributed by atoms with E-state index in [4.69, 9.17) is 5.73 Å². The molecular formula is C10H10F3N. The fourth-order valence-electron chi connectivity index (χ4n) is 1.93. The summed E-state index contributed by atoms with van der Waals surface area (Å²) >= 11 is 0. The van der Waals surface area contributed by atoms with E-state index in [0.29, 0.717) is 12.0 Å². The zero-order chi connectivity index (χ0) is 10.4. The number of fused-ring (bicyclic) bond motifs is 1. The topological polar surface area (TPSA) is 26.0 Å². The van der Waals surface area contributed by atoms with Crippen LogP contribution in [-0.4, -0.2) is 6.18 Å². The lowest BCUT2D eigenvalue weighted by Gasteiger charge is -2.28. The summed E-state index contributed by atoms with van der Waals surface area (Å²) in [7, 11) is 0. The van der Waals surface area contributed by atoms with Gasteiger partial charge in [-0.1, -0.05) is 24.3 Å². The van der Waals surface area contributed by atoms with Crippen LogP contribution in [0.3, 0.4) is 0 Å². The van der Waals surface area contributed by atoms with E-state index >= 15 is 0 Å². The molecule has 0 spiro atoms. The third-order valence-electron chi connectivity index (χ3n) is 2.79. The van der Waals surface area contributed by atoms with Gasteiger partial charge in [0.25, 0.3) is 0 Å². The quantitative estimate of drug-likeness (QED) is 0.685. The SMILES string of the molecule is N[C@]1(C(F)(F)F)CCc2ccccc21. The van der Waals surface area contributed by atoms with Crippen LogP contribution in [0.2, 0.25) is 0 Å². The van der Waals surface area contributed by atoms with E-state index in [0.717, 1.165) is 0 Å². The van der Waals surface area contributed by atoms with E-state index in [2.05, 4.69) is 0 Å². The summed E-state index contributed by atoms with van der Waals surface area (Å²) in [5, 5.41) is 0. The molecule has 1 aliphatic rings. The monoisotopic (exact) mass is 201 g/mol. The molecule has 1 aromatic carbocycles. The van der Waals surface area contributed by atoms with Gasteiger partial charge in [-0.3, -0.25) is 0 Å². The highest BCUT2D eigenvalue weighted by Gasteiger charge is 2.55. The molecule has 0 bridgehead atoms. The molecule has 0 amide bonds. The Labute approximate surface area is 79.7 Å². The van der Waals surface area contributed by atoms with Crippen molar-refractivity contribution in [3.63, 3.8) is 0 Å². The highest BCUT2D eigenvalue weighted by Crippen LogP contribution is 2.45. The summed E-state index contributed by atoms with van der Waals surface area (Å²) in [5.74, 6) is 0.